The highest BCUT2D eigenvalue weighted by molar-refractivity contribution is 6.30. The summed E-state index contributed by atoms with van der Waals surface area (Å²) < 4.78 is 6.51. The highest BCUT2D eigenvalue weighted by Crippen LogP contribution is 2.63. The van der Waals surface area contributed by atoms with E-state index in [1.807, 2.05) is 0 Å². The molecule has 10 aromatic carbocycles. The number of benzene rings is 10. The minimum atomic E-state index is -0.506. The Balaban J connectivity index is 1.12. The van der Waals surface area contributed by atoms with Gasteiger partial charge in [0.2, 0.25) is 0 Å². The van der Waals surface area contributed by atoms with E-state index in [0.29, 0.717) is 13.2 Å². The topological polar surface area (TPSA) is 9.23 Å². The fraction of sp³-hybridized carbons (Fsp3) is 0.0526. The van der Waals surface area contributed by atoms with Crippen molar-refractivity contribution in [3.05, 3.63) is 240 Å². The van der Waals surface area contributed by atoms with E-state index in [-0.39, 0.29) is 0 Å². The van der Waals surface area contributed by atoms with Gasteiger partial charge in [0.25, 0.3) is 0 Å². The molecule has 12 rings (SSSR count). The molecule has 1 nitrogen and oxygen atoms in total. The third kappa shape index (κ3) is 4.87. The summed E-state index contributed by atoms with van der Waals surface area (Å²) in [4.78, 5) is 0. The molecule has 1 unspecified atom stereocenters. The zero-order valence-electron chi connectivity index (χ0n) is 32.0. The largest absolute Gasteiger partial charge is 0.372 e. The van der Waals surface area contributed by atoms with Crippen LogP contribution in [-0.2, 0) is 23.4 Å². The van der Waals surface area contributed by atoms with Crippen LogP contribution >= 0.6 is 0 Å². The van der Waals surface area contributed by atoms with Crippen LogP contribution in [-0.4, -0.2) is 0 Å². The lowest BCUT2D eigenvalue weighted by Crippen LogP contribution is -2.26. The summed E-state index contributed by atoms with van der Waals surface area (Å²) in [5.41, 5.74) is 17.2. The number of hydrogen-bond acceptors (Lipinski definition) is 1. The van der Waals surface area contributed by atoms with E-state index in [9.17, 15) is 0 Å². The van der Waals surface area contributed by atoms with Crippen LogP contribution in [0.25, 0.3) is 76.8 Å². The lowest BCUT2D eigenvalue weighted by atomic mass is 9.69. The first-order valence-electron chi connectivity index (χ1n) is 20.3. The average molecular weight is 739 g/mol. The van der Waals surface area contributed by atoms with Gasteiger partial charge in [-0.25, -0.2) is 0 Å². The second kappa shape index (κ2) is 13.0. The minimum absolute atomic E-state index is 0.506. The molecule has 0 saturated heterocycles. The van der Waals surface area contributed by atoms with Crippen molar-refractivity contribution >= 4 is 32.3 Å². The summed E-state index contributed by atoms with van der Waals surface area (Å²) in [5, 5.41) is 7.93. The van der Waals surface area contributed by atoms with Gasteiger partial charge in [-0.3, -0.25) is 0 Å². The summed E-state index contributed by atoms with van der Waals surface area (Å²) in [7, 11) is 0. The SMILES string of the molecule is c1ccc(COCc2cc3c4c(c2)c2ccccc2c2cccc(c24)C32c3ccccc3-c3ccc(-c4cc(-c5ccccc5)cc(-c5ccccc5)c4)cc32)cc1. The second-order valence-corrected chi connectivity index (χ2v) is 15.9. The van der Waals surface area contributed by atoms with Crippen LogP contribution < -0.4 is 0 Å². The van der Waals surface area contributed by atoms with Crippen LogP contribution in [0.15, 0.2) is 206 Å². The van der Waals surface area contributed by atoms with E-state index in [0.717, 1.165) is 0 Å². The van der Waals surface area contributed by atoms with Crippen molar-refractivity contribution in [3.63, 3.8) is 0 Å². The highest BCUT2D eigenvalue weighted by Gasteiger charge is 2.51. The van der Waals surface area contributed by atoms with Gasteiger partial charge >= 0.3 is 0 Å². The fourth-order valence-electron chi connectivity index (χ4n) is 10.3. The zero-order valence-corrected chi connectivity index (χ0v) is 32.0. The molecule has 2 aliphatic carbocycles. The van der Waals surface area contributed by atoms with E-state index in [2.05, 4.69) is 206 Å². The van der Waals surface area contributed by atoms with E-state index in [1.165, 1.54) is 110 Å². The Bertz CT molecular complexity index is 3180. The molecule has 1 heteroatoms. The smallest absolute Gasteiger partial charge is 0.0726 e. The van der Waals surface area contributed by atoms with E-state index < -0.39 is 5.41 Å². The Morgan fingerprint density at radius 1 is 0.293 bits per heavy atom. The van der Waals surface area contributed by atoms with E-state index in [1.54, 1.807) is 0 Å². The Morgan fingerprint density at radius 3 is 1.55 bits per heavy atom. The van der Waals surface area contributed by atoms with Crippen LogP contribution in [0.1, 0.15) is 33.4 Å². The van der Waals surface area contributed by atoms with Gasteiger partial charge in [-0.1, -0.05) is 176 Å². The molecule has 0 saturated carbocycles. The van der Waals surface area contributed by atoms with Crippen LogP contribution in [0.3, 0.4) is 0 Å². The first-order valence-corrected chi connectivity index (χ1v) is 20.3. The Hall–Kier alpha value is -7.06. The van der Waals surface area contributed by atoms with Crippen molar-refractivity contribution in [2.24, 2.45) is 0 Å². The van der Waals surface area contributed by atoms with Crippen LogP contribution in [0.5, 0.6) is 0 Å². The van der Waals surface area contributed by atoms with Gasteiger partial charge in [-0.05, 0) is 141 Å². The van der Waals surface area contributed by atoms with Crippen molar-refractivity contribution in [1.29, 1.82) is 0 Å². The summed E-state index contributed by atoms with van der Waals surface area (Å²) >= 11 is 0. The summed E-state index contributed by atoms with van der Waals surface area (Å²) in [5.74, 6) is 0. The molecule has 58 heavy (non-hydrogen) atoms. The third-order valence-electron chi connectivity index (χ3n) is 12.7. The maximum atomic E-state index is 6.51. The lowest BCUT2D eigenvalue weighted by molar-refractivity contribution is 0.107. The highest BCUT2D eigenvalue weighted by atomic mass is 16.5. The molecule has 1 atom stereocenters. The first kappa shape index (κ1) is 33.1. The molecular weight excluding hydrogens is 701 g/mol. The molecule has 0 radical (unpaired) electrons. The van der Waals surface area contributed by atoms with E-state index >= 15 is 0 Å². The lowest BCUT2D eigenvalue weighted by Gasteiger charge is -2.31. The quantitative estimate of drug-likeness (QED) is 0.148. The first-order chi connectivity index (χ1) is 28.8. The molecule has 0 N–H and O–H groups in total. The van der Waals surface area contributed by atoms with Crippen molar-refractivity contribution in [2.75, 3.05) is 0 Å². The Kier molecular flexibility index (Phi) is 7.42. The van der Waals surface area contributed by atoms with Crippen LogP contribution in [0, 0.1) is 0 Å². The average Bonchev–Trinajstić information content (AvgIpc) is 3.76. The maximum absolute atomic E-state index is 6.51. The molecular formula is C57H38O. The Morgan fingerprint density at radius 2 is 0.828 bits per heavy atom. The fourth-order valence-corrected chi connectivity index (χ4v) is 10.3. The van der Waals surface area contributed by atoms with Gasteiger partial charge in [0, 0.05) is 0 Å². The van der Waals surface area contributed by atoms with Gasteiger partial charge in [0.05, 0.1) is 18.6 Å². The standard InChI is InChI=1S/C57H38O/c1-4-15-37(16-5-1)35-58-36-38-29-50-46-22-11-10-21-45(46)49-24-14-26-52-55(49)56(50)54(30-38)57(52)51-25-13-12-23-47(51)48-28-27-41(34-53(48)57)44-32-42(39-17-6-2-7-18-39)31-43(33-44)40-19-8-3-9-20-40/h1-34H,35-36H2. The molecule has 0 fully saturated rings. The summed E-state index contributed by atoms with van der Waals surface area (Å²) in [6, 6.07) is 76.4. The number of rotatable bonds is 7. The van der Waals surface area contributed by atoms with Gasteiger partial charge in [0.15, 0.2) is 0 Å². The molecule has 0 bridgehead atoms. The van der Waals surface area contributed by atoms with Gasteiger partial charge in [0.1, 0.15) is 0 Å². The number of hydrogen-bond donors (Lipinski definition) is 0. The Labute approximate surface area is 338 Å². The van der Waals surface area contributed by atoms with Crippen LogP contribution in [0.4, 0.5) is 0 Å². The van der Waals surface area contributed by atoms with Crippen molar-refractivity contribution in [3.8, 4) is 44.5 Å². The van der Waals surface area contributed by atoms with Gasteiger partial charge < -0.3 is 4.74 Å². The second-order valence-electron chi connectivity index (χ2n) is 15.9. The third-order valence-corrected chi connectivity index (χ3v) is 12.7. The van der Waals surface area contributed by atoms with Gasteiger partial charge in [-0.2, -0.15) is 0 Å². The maximum Gasteiger partial charge on any atom is 0.0726 e. The van der Waals surface area contributed by atoms with Crippen molar-refractivity contribution < 1.29 is 4.74 Å². The number of ether oxygens (including phenoxy) is 1. The normalized spacial score (nSPS) is 14.8. The summed E-state index contributed by atoms with van der Waals surface area (Å²) in [6.07, 6.45) is 0. The van der Waals surface area contributed by atoms with Crippen LogP contribution in [0.2, 0.25) is 0 Å². The molecule has 10 aromatic rings. The molecule has 2 aliphatic rings. The minimum Gasteiger partial charge on any atom is -0.372 e. The predicted molar refractivity (Wildman–Crippen MR) is 241 cm³/mol. The predicted octanol–water partition coefficient (Wildman–Crippen LogP) is 14.5. The monoisotopic (exact) mass is 738 g/mol. The molecule has 0 heterocycles. The van der Waals surface area contributed by atoms with Crippen molar-refractivity contribution in [2.45, 2.75) is 18.6 Å². The molecule has 0 amide bonds. The van der Waals surface area contributed by atoms with Gasteiger partial charge in [-0.15, -0.1) is 0 Å². The van der Waals surface area contributed by atoms with Crippen molar-refractivity contribution in [1.82, 2.24) is 0 Å². The molecule has 272 valence electrons. The zero-order chi connectivity index (χ0) is 38.2. The molecule has 0 aromatic heterocycles. The summed E-state index contributed by atoms with van der Waals surface area (Å²) in [6.45, 7) is 1.10. The molecule has 0 aliphatic heterocycles. The molecule has 1 spiro atoms. The van der Waals surface area contributed by atoms with E-state index in [4.69, 9.17) is 4.74 Å². The number of fused-ring (bicyclic) bond motifs is 10.